The second-order valence-electron chi connectivity index (χ2n) is 11.4. The zero-order valence-corrected chi connectivity index (χ0v) is 27.3. The third kappa shape index (κ3) is 6.65. The molecule has 0 saturated carbocycles. The molecule has 0 N–H and O–H groups in total. The number of hydrogen-bond donors (Lipinski definition) is 0. The van der Waals surface area contributed by atoms with Gasteiger partial charge in [-0.15, -0.1) is 0 Å². The van der Waals surface area contributed by atoms with E-state index in [9.17, 15) is 11.0 Å². The van der Waals surface area contributed by atoms with Crippen molar-refractivity contribution in [3.63, 3.8) is 0 Å². The maximum Gasteiger partial charge on any atom is 0.0645 e. The summed E-state index contributed by atoms with van der Waals surface area (Å²) in [6, 6.07) is -4.78. The molecule has 0 aliphatic heterocycles. The van der Waals surface area contributed by atoms with E-state index in [0.717, 1.165) is 15.7 Å². The van der Waals surface area contributed by atoms with Gasteiger partial charge in [0.1, 0.15) is 0 Å². The minimum Gasteiger partial charge on any atom is -0.310 e. The first-order chi connectivity index (χ1) is 37.1. The predicted octanol–water partition coefficient (Wildman–Crippen LogP) is 14.6. The molecule has 0 aromatic heterocycles. The molecule has 0 aliphatic carbocycles. The van der Waals surface area contributed by atoms with Crippen LogP contribution in [0.5, 0.6) is 0 Å². The summed E-state index contributed by atoms with van der Waals surface area (Å²) in [6.07, 6.45) is 0. The predicted molar refractivity (Wildman–Crippen MR) is 226 cm³/mol. The Morgan fingerprint density at radius 3 is 1.19 bits per heavy atom. The van der Waals surface area contributed by atoms with Crippen molar-refractivity contribution in [2.45, 2.75) is 0 Å². The molecule has 0 bridgehead atoms. The standard InChI is InChI=1S/C52H37N/c1-3-11-38(12-4-1)40-21-25-42(26-22-40)44-29-33-48(34-30-44)53(50-18-9-17-47(37-50)52-20-10-16-46-15-7-8-19-51(46)52)49-35-31-45(32-36-49)43-27-23-41(24-28-43)39-13-5-2-6-14-39/h1-37H/i1D,2D,3D,4D,5D,6D,11D,12D,13D,14D,21D,22D,23D,24D,25D,26D,27D,28D,29D,30D,31D,32D,33D,34D,35D,36D. The summed E-state index contributed by atoms with van der Waals surface area (Å²) in [5.41, 5.74) is -6.24. The first-order valence-electron chi connectivity index (χ1n) is 29.1. The maximum absolute atomic E-state index is 9.59. The summed E-state index contributed by atoms with van der Waals surface area (Å²) < 4.78 is 231. The number of hydrogen-bond acceptors (Lipinski definition) is 1. The SMILES string of the molecule is [2H]c1c([2H])c([2H])c(-c2c([2H])c([2H])c(-c3c([2H])c([2H])c(N(c4cccc(-c5cccc6ccccc56)c4)c4c([2H])c([2H])c(-c5c([2H])c([2H])c(-c6c([2H])c([2H])c([2H])c([2H])c6[2H])c([2H])c5[2H])c([2H])c4[2H])c([2H])c3[2H])c([2H])c2[2H])c([2H])c1[2H]. The lowest BCUT2D eigenvalue weighted by Gasteiger charge is -2.26. The Balaban J connectivity index is 1.32. The van der Waals surface area contributed by atoms with Crippen molar-refractivity contribution in [3.05, 3.63) is 224 Å². The molecule has 9 aromatic rings. The second-order valence-corrected chi connectivity index (χ2v) is 11.4. The van der Waals surface area contributed by atoms with Crippen molar-refractivity contribution < 1.29 is 35.6 Å². The molecule has 1 heteroatoms. The second kappa shape index (κ2) is 14.3. The number of fused-ring (bicyclic) bond motifs is 1. The lowest BCUT2D eigenvalue weighted by molar-refractivity contribution is 1.28. The molecule has 0 radical (unpaired) electrons. The number of benzene rings is 9. The quantitative estimate of drug-likeness (QED) is 0.152. The van der Waals surface area contributed by atoms with Crippen LogP contribution >= 0.6 is 0 Å². The Bertz CT molecular complexity index is 3790. The summed E-state index contributed by atoms with van der Waals surface area (Å²) in [7, 11) is 0. The average molecular weight is 702 g/mol. The summed E-state index contributed by atoms with van der Waals surface area (Å²) in [5, 5.41) is 1.60. The van der Waals surface area contributed by atoms with Gasteiger partial charge < -0.3 is 4.90 Å². The summed E-state index contributed by atoms with van der Waals surface area (Å²) >= 11 is 0. The van der Waals surface area contributed by atoms with Crippen LogP contribution < -0.4 is 4.90 Å². The van der Waals surface area contributed by atoms with Crippen LogP contribution in [0.4, 0.5) is 17.1 Å². The molecular formula is C52H37N. The molecule has 0 heterocycles. The largest absolute Gasteiger partial charge is 0.310 e. The lowest BCUT2D eigenvalue weighted by atomic mass is 9.97. The van der Waals surface area contributed by atoms with Crippen molar-refractivity contribution in [1.29, 1.82) is 0 Å². The van der Waals surface area contributed by atoms with Gasteiger partial charge in [0, 0.05) is 17.1 Å². The van der Waals surface area contributed by atoms with Gasteiger partial charge in [-0.2, -0.15) is 0 Å². The highest BCUT2D eigenvalue weighted by Gasteiger charge is 2.15. The molecular weight excluding hydrogens is 639 g/mol. The van der Waals surface area contributed by atoms with Gasteiger partial charge in [-0.1, -0.05) is 188 Å². The van der Waals surface area contributed by atoms with Crippen LogP contribution in [0.15, 0.2) is 224 Å². The van der Waals surface area contributed by atoms with E-state index < -0.39 is 213 Å². The van der Waals surface area contributed by atoms with Gasteiger partial charge in [0.25, 0.3) is 0 Å². The third-order valence-electron chi connectivity index (χ3n) is 8.13. The van der Waals surface area contributed by atoms with E-state index in [1.54, 1.807) is 18.2 Å². The Morgan fingerprint density at radius 1 is 0.302 bits per heavy atom. The van der Waals surface area contributed by atoms with Crippen molar-refractivity contribution in [2.75, 3.05) is 4.90 Å². The highest BCUT2D eigenvalue weighted by atomic mass is 15.1. The van der Waals surface area contributed by atoms with Crippen LogP contribution in [0.2, 0.25) is 0 Å². The topological polar surface area (TPSA) is 3.24 Å². The number of anilines is 3. The van der Waals surface area contributed by atoms with Crippen LogP contribution in [0, 0.1) is 0 Å². The Hall–Kier alpha value is -6.96. The van der Waals surface area contributed by atoms with Crippen LogP contribution in [-0.2, 0) is 0 Å². The first-order valence-corrected chi connectivity index (χ1v) is 16.1. The van der Waals surface area contributed by atoms with Crippen LogP contribution in [0.25, 0.3) is 66.4 Å². The van der Waals surface area contributed by atoms with Crippen molar-refractivity contribution in [1.82, 2.24) is 0 Å². The molecule has 0 unspecified atom stereocenters. The number of nitrogens with zero attached hydrogens (tertiary/aromatic N) is 1. The fourth-order valence-corrected chi connectivity index (χ4v) is 5.62. The molecule has 0 fully saturated rings. The van der Waals surface area contributed by atoms with Gasteiger partial charge >= 0.3 is 0 Å². The Morgan fingerprint density at radius 2 is 0.698 bits per heavy atom. The van der Waals surface area contributed by atoms with E-state index >= 15 is 0 Å². The molecule has 0 aliphatic rings. The summed E-state index contributed by atoms with van der Waals surface area (Å²) in [5.74, 6) is 0. The Labute approximate surface area is 348 Å². The van der Waals surface area contributed by atoms with E-state index in [1.165, 1.54) is 18.2 Å². The highest BCUT2D eigenvalue weighted by molar-refractivity contribution is 5.97. The van der Waals surface area contributed by atoms with Gasteiger partial charge in [-0.25, -0.2) is 0 Å². The van der Waals surface area contributed by atoms with Crippen molar-refractivity contribution in [3.8, 4) is 55.6 Å². The van der Waals surface area contributed by atoms with Crippen LogP contribution in [-0.4, -0.2) is 0 Å². The fraction of sp³-hybridized carbons (Fsp3) is 0. The summed E-state index contributed by atoms with van der Waals surface area (Å²) in [4.78, 5) is 0.913. The van der Waals surface area contributed by atoms with Gasteiger partial charge in [0.15, 0.2) is 0 Å². The zero-order valence-electron chi connectivity index (χ0n) is 53.3. The highest BCUT2D eigenvalue weighted by Crippen LogP contribution is 2.39. The third-order valence-corrected chi connectivity index (χ3v) is 8.13. The van der Waals surface area contributed by atoms with E-state index in [0.29, 0.717) is 11.1 Å². The van der Waals surface area contributed by atoms with E-state index in [2.05, 4.69) is 0 Å². The number of rotatable bonds is 8. The summed E-state index contributed by atoms with van der Waals surface area (Å²) in [6.45, 7) is 0. The molecule has 1 nitrogen and oxygen atoms in total. The van der Waals surface area contributed by atoms with E-state index in [-0.39, 0.29) is 5.69 Å². The smallest absolute Gasteiger partial charge is 0.0645 e. The molecule has 0 spiro atoms. The van der Waals surface area contributed by atoms with Gasteiger partial charge in [0.2, 0.25) is 0 Å². The monoisotopic (exact) mass is 701 g/mol. The maximum atomic E-state index is 9.59. The van der Waals surface area contributed by atoms with Crippen LogP contribution in [0.3, 0.4) is 0 Å². The van der Waals surface area contributed by atoms with E-state index in [4.69, 9.17) is 24.7 Å². The molecule has 9 aromatic carbocycles. The first kappa shape index (κ1) is 14.6. The molecule has 0 saturated heterocycles. The lowest BCUT2D eigenvalue weighted by Crippen LogP contribution is -2.10. The van der Waals surface area contributed by atoms with Gasteiger partial charge in [-0.05, 0) is 103 Å². The van der Waals surface area contributed by atoms with Crippen molar-refractivity contribution in [2.24, 2.45) is 0 Å². The zero-order chi connectivity index (χ0) is 58.0. The minimum atomic E-state index is -0.989. The average Bonchev–Trinajstić information content (AvgIpc) is 3.63. The van der Waals surface area contributed by atoms with E-state index in [1.807, 2.05) is 30.3 Å². The normalized spacial score (nSPS) is 17.9. The Kier molecular flexibility index (Phi) is 3.95. The molecule has 9 rings (SSSR count). The molecule has 53 heavy (non-hydrogen) atoms. The fourth-order valence-electron chi connectivity index (χ4n) is 5.62. The van der Waals surface area contributed by atoms with Gasteiger partial charge in [0.05, 0.1) is 35.6 Å². The van der Waals surface area contributed by atoms with Gasteiger partial charge in [-0.3, -0.25) is 0 Å². The molecule has 250 valence electrons. The minimum absolute atomic E-state index is 0.0769. The molecule has 0 atom stereocenters. The van der Waals surface area contributed by atoms with Crippen molar-refractivity contribution >= 4 is 27.8 Å². The van der Waals surface area contributed by atoms with Crippen LogP contribution in [0.1, 0.15) is 35.6 Å². The molecule has 0 amide bonds.